The number of aromatic nitrogens is 4. The van der Waals surface area contributed by atoms with E-state index < -0.39 is 22.5 Å². The van der Waals surface area contributed by atoms with Crippen molar-refractivity contribution in [3.63, 3.8) is 0 Å². The molecule has 0 bridgehead atoms. The summed E-state index contributed by atoms with van der Waals surface area (Å²) in [5, 5.41) is 17.3. The Morgan fingerprint density at radius 2 is 1.82 bits per heavy atom. The molecule has 0 aliphatic carbocycles. The minimum absolute atomic E-state index is 0.00772. The molecular formula is C19H12Cl2F3N5O3S. The van der Waals surface area contributed by atoms with Gasteiger partial charge in [0.2, 0.25) is 5.82 Å². The van der Waals surface area contributed by atoms with Crippen molar-refractivity contribution in [2.75, 3.05) is 12.0 Å². The summed E-state index contributed by atoms with van der Waals surface area (Å²) in [6.07, 6.45) is -3.35. The molecule has 4 rings (SSSR count). The van der Waals surface area contributed by atoms with Gasteiger partial charge in [-0.1, -0.05) is 40.5 Å². The lowest BCUT2D eigenvalue weighted by Gasteiger charge is -2.13. The summed E-state index contributed by atoms with van der Waals surface area (Å²) in [4.78, 5) is 4.17. The van der Waals surface area contributed by atoms with Gasteiger partial charge in [0.15, 0.2) is 5.69 Å². The van der Waals surface area contributed by atoms with Crippen LogP contribution < -0.4 is 5.73 Å². The highest BCUT2D eigenvalue weighted by molar-refractivity contribution is 7.84. The fourth-order valence-electron chi connectivity index (χ4n) is 3.03. The van der Waals surface area contributed by atoms with Gasteiger partial charge in [-0.25, -0.2) is 4.68 Å². The lowest BCUT2D eigenvalue weighted by atomic mass is 10.2. The molecule has 0 aliphatic heterocycles. The number of phenols is 1. The molecule has 2 heterocycles. The third-order valence-electron chi connectivity index (χ3n) is 4.49. The number of rotatable bonds is 4. The summed E-state index contributed by atoms with van der Waals surface area (Å²) >= 11 is 12.2. The van der Waals surface area contributed by atoms with Gasteiger partial charge in [-0.2, -0.15) is 23.3 Å². The molecule has 172 valence electrons. The van der Waals surface area contributed by atoms with Crippen molar-refractivity contribution >= 4 is 39.8 Å². The smallest absolute Gasteiger partial charge is 0.416 e. The van der Waals surface area contributed by atoms with E-state index in [-0.39, 0.29) is 55.2 Å². The summed E-state index contributed by atoms with van der Waals surface area (Å²) in [5.74, 6) is -0.471. The normalized spacial score (nSPS) is 12.8. The first-order valence-corrected chi connectivity index (χ1v) is 11.2. The number of anilines is 1. The number of alkyl halides is 3. The van der Waals surface area contributed by atoms with Gasteiger partial charge in [0.1, 0.15) is 22.2 Å². The van der Waals surface area contributed by atoms with Crippen LogP contribution in [0.5, 0.6) is 5.75 Å². The Balaban J connectivity index is 1.88. The predicted octanol–water partition coefficient (Wildman–Crippen LogP) is 4.94. The van der Waals surface area contributed by atoms with Crippen molar-refractivity contribution < 1.29 is 27.0 Å². The minimum Gasteiger partial charge on any atom is -0.507 e. The number of nitrogens with zero attached hydrogens (tertiary/aromatic N) is 4. The van der Waals surface area contributed by atoms with Crippen LogP contribution in [0, 0.1) is 0 Å². The van der Waals surface area contributed by atoms with E-state index in [4.69, 9.17) is 33.5 Å². The van der Waals surface area contributed by atoms with Crippen molar-refractivity contribution in [1.82, 2.24) is 19.9 Å². The standard InChI is InChI=1S/C19H12Cl2F3N5O3S/c1-33(31)15-13(17-26-18(32-28-17)9-4-2-3-5-12(9)30)27-29(16(15)25)14-10(20)6-8(7-11(14)21)19(22,23)24/h2-7,30H,25H2,1H3. The van der Waals surface area contributed by atoms with Gasteiger partial charge < -0.3 is 15.4 Å². The summed E-state index contributed by atoms with van der Waals surface area (Å²) < 4.78 is 57.8. The maximum absolute atomic E-state index is 13.1. The molecule has 0 aliphatic rings. The van der Waals surface area contributed by atoms with Crippen molar-refractivity contribution in [2.24, 2.45) is 0 Å². The average Bonchev–Trinajstić information content (AvgIpc) is 3.32. The SMILES string of the molecule is CS(=O)c1c(-c2noc(-c3ccccc3O)n2)nn(-c2c(Cl)cc(C(F)(F)F)cc2Cl)c1N. The van der Waals surface area contributed by atoms with Gasteiger partial charge in [-0.15, -0.1) is 0 Å². The molecule has 3 N–H and O–H groups in total. The van der Waals surface area contributed by atoms with Gasteiger partial charge in [0.25, 0.3) is 5.89 Å². The van der Waals surface area contributed by atoms with Crippen LogP contribution >= 0.6 is 23.2 Å². The number of nitrogens with two attached hydrogens (primary N) is 1. The summed E-state index contributed by atoms with van der Waals surface area (Å²) in [6, 6.07) is 7.57. The third-order valence-corrected chi connectivity index (χ3v) is 6.05. The fourth-order valence-corrected chi connectivity index (χ4v) is 4.46. The van der Waals surface area contributed by atoms with Gasteiger partial charge >= 0.3 is 6.18 Å². The Morgan fingerprint density at radius 1 is 1.18 bits per heavy atom. The fraction of sp³-hybridized carbons (Fsp3) is 0.105. The molecule has 2 aromatic carbocycles. The number of nitrogen functional groups attached to an aromatic ring is 1. The molecule has 4 aromatic rings. The molecule has 0 amide bonds. The van der Waals surface area contributed by atoms with E-state index in [1.54, 1.807) is 18.2 Å². The van der Waals surface area contributed by atoms with Crippen LogP contribution in [0.2, 0.25) is 10.0 Å². The number of phenolic OH excluding ortho intramolecular Hbond substituents is 1. The molecule has 8 nitrogen and oxygen atoms in total. The molecule has 0 saturated carbocycles. The van der Waals surface area contributed by atoms with Gasteiger partial charge in [0.05, 0.1) is 32.0 Å². The van der Waals surface area contributed by atoms with Crippen LogP contribution in [0.4, 0.5) is 19.0 Å². The van der Waals surface area contributed by atoms with E-state index in [0.717, 1.165) is 4.68 Å². The monoisotopic (exact) mass is 517 g/mol. The van der Waals surface area contributed by atoms with E-state index in [0.29, 0.717) is 12.1 Å². The number of aromatic hydroxyl groups is 1. The van der Waals surface area contributed by atoms with Crippen molar-refractivity contribution in [2.45, 2.75) is 11.1 Å². The highest BCUT2D eigenvalue weighted by atomic mass is 35.5. The van der Waals surface area contributed by atoms with Crippen molar-refractivity contribution in [1.29, 1.82) is 0 Å². The quantitative estimate of drug-likeness (QED) is 0.393. The second-order valence-corrected chi connectivity index (χ2v) is 8.79. The highest BCUT2D eigenvalue weighted by Crippen LogP contribution is 2.40. The van der Waals surface area contributed by atoms with E-state index in [2.05, 4.69) is 15.2 Å². The van der Waals surface area contributed by atoms with Crippen molar-refractivity contribution in [3.8, 4) is 34.4 Å². The van der Waals surface area contributed by atoms with Gasteiger partial charge in [-0.3, -0.25) is 4.21 Å². The number of hydrogen-bond acceptors (Lipinski definition) is 7. The molecule has 0 fully saturated rings. The van der Waals surface area contributed by atoms with Gasteiger partial charge in [0, 0.05) is 6.26 Å². The zero-order valence-electron chi connectivity index (χ0n) is 16.4. The topological polar surface area (TPSA) is 120 Å². The van der Waals surface area contributed by atoms with Crippen LogP contribution in [0.1, 0.15) is 5.56 Å². The number of para-hydroxylation sites is 1. The summed E-state index contributed by atoms with van der Waals surface area (Å²) in [6.45, 7) is 0. The predicted molar refractivity (Wildman–Crippen MR) is 116 cm³/mol. The Bertz CT molecular complexity index is 1380. The lowest BCUT2D eigenvalue weighted by molar-refractivity contribution is -0.137. The lowest BCUT2D eigenvalue weighted by Crippen LogP contribution is -2.09. The molecule has 2 aromatic heterocycles. The Kier molecular flexibility index (Phi) is 5.85. The largest absolute Gasteiger partial charge is 0.507 e. The second-order valence-electron chi connectivity index (χ2n) is 6.66. The van der Waals surface area contributed by atoms with E-state index in [1.165, 1.54) is 12.3 Å². The molecular weight excluding hydrogens is 506 g/mol. The molecule has 1 unspecified atom stereocenters. The number of hydrogen-bond donors (Lipinski definition) is 2. The van der Waals surface area contributed by atoms with Crippen molar-refractivity contribution in [3.05, 3.63) is 52.0 Å². The van der Waals surface area contributed by atoms with Crippen LogP contribution in [0.3, 0.4) is 0 Å². The van der Waals surface area contributed by atoms with E-state index in [9.17, 15) is 22.5 Å². The highest BCUT2D eigenvalue weighted by Gasteiger charge is 2.33. The van der Waals surface area contributed by atoms with Crippen LogP contribution in [-0.4, -0.2) is 35.5 Å². The Hall–Kier alpha value is -3.09. The molecule has 33 heavy (non-hydrogen) atoms. The zero-order chi connectivity index (χ0) is 24.1. The maximum Gasteiger partial charge on any atom is 0.416 e. The zero-order valence-corrected chi connectivity index (χ0v) is 18.7. The molecule has 14 heteroatoms. The molecule has 0 saturated heterocycles. The van der Waals surface area contributed by atoms with E-state index in [1.807, 2.05) is 0 Å². The number of halogens is 5. The first-order chi connectivity index (χ1) is 15.5. The summed E-state index contributed by atoms with van der Waals surface area (Å²) in [5.41, 5.74) is 5.10. The first-order valence-electron chi connectivity index (χ1n) is 8.90. The van der Waals surface area contributed by atoms with Crippen LogP contribution in [-0.2, 0) is 17.0 Å². The molecule has 0 spiro atoms. The third kappa shape index (κ3) is 4.16. The maximum atomic E-state index is 13.1. The Labute approximate surface area is 196 Å². The summed E-state index contributed by atoms with van der Waals surface area (Å²) in [7, 11) is -1.72. The minimum atomic E-state index is -4.67. The number of benzene rings is 2. The molecule has 0 radical (unpaired) electrons. The molecule has 1 atom stereocenters. The first kappa shape index (κ1) is 23.1. The Morgan fingerprint density at radius 3 is 2.39 bits per heavy atom. The van der Waals surface area contributed by atoms with Crippen LogP contribution in [0.25, 0.3) is 28.7 Å². The van der Waals surface area contributed by atoms with E-state index >= 15 is 0 Å². The van der Waals surface area contributed by atoms with Crippen LogP contribution in [0.15, 0.2) is 45.8 Å². The average molecular weight is 518 g/mol. The van der Waals surface area contributed by atoms with Gasteiger partial charge in [-0.05, 0) is 24.3 Å². The second kappa shape index (κ2) is 8.36.